The zero-order valence-corrected chi connectivity index (χ0v) is 14.2. The van der Waals surface area contributed by atoms with Crippen LogP contribution in [0.25, 0.3) is 0 Å². The highest BCUT2D eigenvalue weighted by Gasteiger charge is 2.30. The molecule has 2 fully saturated rings. The normalized spacial score (nSPS) is 18.4. The van der Waals surface area contributed by atoms with E-state index in [9.17, 15) is 4.79 Å². The molecule has 1 N–H and O–H groups in total. The Labute approximate surface area is 145 Å². The quantitative estimate of drug-likeness (QED) is 0.884. The van der Waals surface area contributed by atoms with Crippen LogP contribution < -0.4 is 5.32 Å². The van der Waals surface area contributed by atoms with Crippen molar-refractivity contribution in [3.63, 3.8) is 0 Å². The Morgan fingerprint density at radius 2 is 2.21 bits per heavy atom. The number of rotatable bonds is 5. The number of hydrogen-bond acceptors (Lipinski definition) is 5. The van der Waals surface area contributed by atoms with Gasteiger partial charge in [-0.1, -0.05) is 11.6 Å². The Balaban J connectivity index is 1.29. The molecule has 2 aromatic heterocycles. The minimum Gasteiger partial charge on any atom is -0.345 e. The van der Waals surface area contributed by atoms with Gasteiger partial charge in [0.25, 0.3) is 5.91 Å². The lowest BCUT2D eigenvalue weighted by atomic mass is 10.1. The fourth-order valence-electron chi connectivity index (χ4n) is 2.96. The number of nitrogens with zero attached hydrogens (tertiary/aromatic N) is 5. The first kappa shape index (κ1) is 15.5. The van der Waals surface area contributed by atoms with Gasteiger partial charge in [-0.2, -0.15) is 5.10 Å². The summed E-state index contributed by atoms with van der Waals surface area (Å²) in [4.78, 5) is 18.8. The van der Waals surface area contributed by atoms with Crippen molar-refractivity contribution in [3.05, 3.63) is 40.7 Å². The van der Waals surface area contributed by atoms with Crippen molar-refractivity contribution < 1.29 is 4.79 Å². The van der Waals surface area contributed by atoms with Gasteiger partial charge in [0.05, 0.1) is 24.3 Å². The van der Waals surface area contributed by atoms with E-state index in [1.807, 2.05) is 13.1 Å². The number of carbonyl (C=O) groups is 1. The van der Waals surface area contributed by atoms with Crippen LogP contribution in [0.1, 0.15) is 40.5 Å². The van der Waals surface area contributed by atoms with E-state index in [1.165, 1.54) is 12.8 Å². The maximum absolute atomic E-state index is 12.3. The van der Waals surface area contributed by atoms with E-state index in [0.29, 0.717) is 23.3 Å². The number of hydrogen-bond donors (Lipinski definition) is 1. The number of aryl methyl sites for hydroxylation is 1. The molecule has 1 saturated heterocycles. The smallest absolute Gasteiger partial charge is 0.272 e. The lowest BCUT2D eigenvalue weighted by molar-refractivity contribution is 0.0787. The molecule has 2 aromatic rings. The van der Waals surface area contributed by atoms with Crippen LogP contribution in [0.15, 0.2) is 18.6 Å². The van der Waals surface area contributed by atoms with E-state index in [4.69, 9.17) is 11.6 Å². The molecule has 2 aliphatic rings. The van der Waals surface area contributed by atoms with Crippen LogP contribution in [0.5, 0.6) is 0 Å². The Morgan fingerprint density at radius 1 is 1.42 bits per heavy atom. The first-order valence-corrected chi connectivity index (χ1v) is 8.49. The number of carbonyl (C=O) groups excluding carboxylic acids is 1. The molecule has 0 spiro atoms. The first-order chi connectivity index (χ1) is 11.6. The lowest BCUT2D eigenvalue weighted by Crippen LogP contribution is -2.58. The Bertz CT molecular complexity index is 766. The standard InChI is InChI=1S/C16H19ClN6O/c1-22-9-18-14(15(22)17)8-23-6-12(7-23)20-16(24)13-4-11(5-19-21-13)10-2-3-10/h4-5,9-10,12H,2-3,6-8H2,1H3,(H,20,24). The van der Waals surface area contributed by atoms with Crippen LogP contribution in [0, 0.1) is 0 Å². The maximum atomic E-state index is 12.3. The minimum absolute atomic E-state index is 0.131. The molecular weight excluding hydrogens is 328 g/mol. The van der Waals surface area contributed by atoms with Crippen molar-refractivity contribution in [1.29, 1.82) is 0 Å². The molecule has 0 unspecified atom stereocenters. The summed E-state index contributed by atoms with van der Waals surface area (Å²) in [5, 5.41) is 11.6. The second-order valence-electron chi connectivity index (χ2n) is 6.61. The Morgan fingerprint density at radius 3 is 2.88 bits per heavy atom. The summed E-state index contributed by atoms with van der Waals surface area (Å²) in [5.41, 5.74) is 2.40. The van der Waals surface area contributed by atoms with E-state index < -0.39 is 0 Å². The van der Waals surface area contributed by atoms with Gasteiger partial charge in [-0.15, -0.1) is 5.10 Å². The second kappa shape index (κ2) is 6.14. The third-order valence-electron chi connectivity index (χ3n) is 4.56. The van der Waals surface area contributed by atoms with Gasteiger partial charge in [0.2, 0.25) is 0 Å². The topological polar surface area (TPSA) is 75.9 Å². The summed E-state index contributed by atoms with van der Waals surface area (Å²) in [6, 6.07) is 2.00. The highest BCUT2D eigenvalue weighted by atomic mass is 35.5. The number of imidazole rings is 1. The van der Waals surface area contributed by atoms with Crippen molar-refractivity contribution >= 4 is 17.5 Å². The predicted molar refractivity (Wildman–Crippen MR) is 88.8 cm³/mol. The number of aromatic nitrogens is 4. The van der Waals surface area contributed by atoms with Crippen molar-refractivity contribution in [1.82, 2.24) is 30.0 Å². The molecule has 4 rings (SSSR count). The van der Waals surface area contributed by atoms with Gasteiger partial charge in [-0.25, -0.2) is 4.98 Å². The molecule has 1 aliphatic carbocycles. The molecule has 0 bridgehead atoms. The summed E-state index contributed by atoms with van der Waals surface area (Å²) < 4.78 is 1.79. The molecule has 3 heterocycles. The van der Waals surface area contributed by atoms with Crippen LogP contribution in [-0.2, 0) is 13.6 Å². The maximum Gasteiger partial charge on any atom is 0.272 e. The third-order valence-corrected chi connectivity index (χ3v) is 5.04. The van der Waals surface area contributed by atoms with Crippen molar-refractivity contribution in [2.75, 3.05) is 13.1 Å². The van der Waals surface area contributed by atoms with Gasteiger partial charge in [0.15, 0.2) is 5.69 Å². The van der Waals surface area contributed by atoms with Crippen LogP contribution in [0.2, 0.25) is 5.15 Å². The molecule has 0 aromatic carbocycles. The molecule has 1 amide bonds. The second-order valence-corrected chi connectivity index (χ2v) is 6.96. The average molecular weight is 347 g/mol. The van der Waals surface area contributed by atoms with E-state index in [2.05, 4.69) is 25.4 Å². The van der Waals surface area contributed by atoms with Gasteiger partial charge in [-0.05, 0) is 30.4 Å². The predicted octanol–water partition coefficient (Wildman–Crippen LogP) is 1.36. The van der Waals surface area contributed by atoms with Crippen LogP contribution in [0.4, 0.5) is 0 Å². The molecule has 126 valence electrons. The van der Waals surface area contributed by atoms with Crippen molar-refractivity contribution in [2.24, 2.45) is 7.05 Å². The van der Waals surface area contributed by atoms with Crippen molar-refractivity contribution in [2.45, 2.75) is 31.3 Å². The zero-order valence-electron chi connectivity index (χ0n) is 13.4. The van der Waals surface area contributed by atoms with E-state index in [0.717, 1.165) is 24.3 Å². The van der Waals surface area contributed by atoms with Gasteiger partial charge in [0.1, 0.15) is 5.15 Å². The van der Waals surface area contributed by atoms with Crippen LogP contribution in [-0.4, -0.2) is 49.7 Å². The lowest BCUT2D eigenvalue weighted by Gasteiger charge is -2.39. The summed E-state index contributed by atoms with van der Waals surface area (Å²) >= 11 is 6.17. The highest BCUT2D eigenvalue weighted by molar-refractivity contribution is 6.30. The molecule has 8 heteroatoms. The van der Waals surface area contributed by atoms with Crippen LogP contribution in [0.3, 0.4) is 0 Å². The monoisotopic (exact) mass is 346 g/mol. The van der Waals surface area contributed by atoms with Gasteiger partial charge < -0.3 is 9.88 Å². The fraction of sp³-hybridized carbons (Fsp3) is 0.500. The Hall–Kier alpha value is -1.99. The number of amides is 1. The molecule has 7 nitrogen and oxygen atoms in total. The summed E-state index contributed by atoms with van der Waals surface area (Å²) in [6.45, 7) is 2.27. The third kappa shape index (κ3) is 3.14. The summed E-state index contributed by atoms with van der Waals surface area (Å²) in [6.07, 6.45) is 5.83. The van der Waals surface area contributed by atoms with Gasteiger partial charge in [-0.3, -0.25) is 9.69 Å². The molecular formula is C16H19ClN6O. The minimum atomic E-state index is -0.148. The zero-order chi connectivity index (χ0) is 16.7. The Kier molecular flexibility index (Phi) is 3.97. The molecule has 0 atom stereocenters. The molecule has 1 saturated carbocycles. The van der Waals surface area contributed by atoms with Crippen molar-refractivity contribution in [3.8, 4) is 0 Å². The van der Waals surface area contributed by atoms with E-state index >= 15 is 0 Å². The number of halogens is 1. The summed E-state index contributed by atoms with van der Waals surface area (Å²) in [5.74, 6) is 0.417. The van der Waals surface area contributed by atoms with E-state index in [1.54, 1.807) is 17.1 Å². The molecule has 1 aliphatic heterocycles. The average Bonchev–Trinajstić information content (AvgIpc) is 3.35. The van der Waals surface area contributed by atoms with Crippen LogP contribution >= 0.6 is 11.6 Å². The fourth-order valence-corrected chi connectivity index (χ4v) is 3.12. The van der Waals surface area contributed by atoms with E-state index in [-0.39, 0.29) is 11.9 Å². The SMILES string of the molecule is Cn1cnc(CN2CC(NC(=O)c3cc(C4CC4)cnn3)C2)c1Cl. The molecule has 0 radical (unpaired) electrons. The van der Waals surface area contributed by atoms with Gasteiger partial charge >= 0.3 is 0 Å². The highest BCUT2D eigenvalue weighted by Crippen LogP contribution is 2.39. The number of nitrogens with one attached hydrogen (secondary N) is 1. The molecule has 24 heavy (non-hydrogen) atoms. The largest absolute Gasteiger partial charge is 0.345 e. The first-order valence-electron chi connectivity index (χ1n) is 8.11. The number of likely N-dealkylation sites (tertiary alicyclic amines) is 1. The van der Waals surface area contributed by atoms with Gasteiger partial charge in [0, 0.05) is 26.7 Å². The summed E-state index contributed by atoms with van der Waals surface area (Å²) in [7, 11) is 1.87.